The van der Waals surface area contributed by atoms with Crippen molar-refractivity contribution >= 4 is 11.6 Å². The van der Waals surface area contributed by atoms with Crippen molar-refractivity contribution in [1.29, 1.82) is 0 Å². The Morgan fingerprint density at radius 3 is 2.70 bits per heavy atom. The highest BCUT2D eigenvalue weighted by Crippen LogP contribution is 2.26. The minimum Gasteiger partial charge on any atom is -0.497 e. The van der Waals surface area contributed by atoms with Crippen molar-refractivity contribution in [3.63, 3.8) is 0 Å². The molecule has 2 aromatic heterocycles. The van der Waals surface area contributed by atoms with Gasteiger partial charge in [0.15, 0.2) is 11.5 Å². The number of methoxy groups -OCH3 is 1. The Hall–Kier alpha value is -3.16. The third-order valence-corrected chi connectivity index (χ3v) is 4.71. The molecule has 2 heterocycles. The third kappa shape index (κ3) is 3.69. The number of benzene rings is 1. The molecule has 1 fully saturated rings. The van der Waals surface area contributed by atoms with Crippen LogP contribution < -0.4 is 14.8 Å². The number of nitrogens with one attached hydrogen (secondary N) is 1. The van der Waals surface area contributed by atoms with Gasteiger partial charge in [0.2, 0.25) is 11.8 Å². The van der Waals surface area contributed by atoms with Crippen molar-refractivity contribution in [2.45, 2.75) is 19.3 Å². The maximum absolute atomic E-state index is 11.8. The number of rotatable bonds is 7. The Labute approximate surface area is 156 Å². The van der Waals surface area contributed by atoms with Crippen LogP contribution in [0.15, 0.2) is 36.4 Å². The second-order valence-corrected chi connectivity index (χ2v) is 6.46. The number of carbonyl (C=O) groups excluding carboxylic acids is 1. The largest absolute Gasteiger partial charge is 0.497 e. The summed E-state index contributed by atoms with van der Waals surface area (Å²) in [6.45, 7) is 0.819. The van der Waals surface area contributed by atoms with E-state index in [2.05, 4.69) is 20.6 Å². The Morgan fingerprint density at radius 2 is 2.00 bits per heavy atom. The smallest absolute Gasteiger partial charge is 0.231 e. The molecule has 1 aliphatic rings. The molecule has 27 heavy (non-hydrogen) atoms. The molecule has 4 rings (SSSR count). The summed E-state index contributed by atoms with van der Waals surface area (Å²) in [5.41, 5.74) is 1.51. The van der Waals surface area contributed by atoms with Gasteiger partial charge in [0.05, 0.1) is 13.7 Å². The number of ether oxygens (including phenoxy) is 2. The van der Waals surface area contributed by atoms with Gasteiger partial charge in [-0.25, -0.2) is 0 Å². The molecule has 0 radical (unpaired) electrons. The molecule has 1 saturated carbocycles. The van der Waals surface area contributed by atoms with Gasteiger partial charge in [-0.05, 0) is 43.2 Å². The van der Waals surface area contributed by atoms with E-state index < -0.39 is 0 Å². The van der Waals surface area contributed by atoms with E-state index in [-0.39, 0.29) is 11.8 Å². The lowest BCUT2D eigenvalue weighted by atomic mass is 9.85. The maximum atomic E-state index is 11.8. The zero-order valence-corrected chi connectivity index (χ0v) is 15.1. The fourth-order valence-electron chi connectivity index (χ4n) is 2.91. The number of aromatic nitrogens is 4. The minimum atomic E-state index is 0.119. The monoisotopic (exact) mass is 367 g/mol. The molecule has 0 aliphatic heterocycles. The molecule has 8 heteroatoms. The lowest BCUT2D eigenvalue weighted by Gasteiger charge is -2.23. The summed E-state index contributed by atoms with van der Waals surface area (Å²) in [6, 6.07) is 11.1. The predicted molar refractivity (Wildman–Crippen MR) is 98.6 cm³/mol. The van der Waals surface area contributed by atoms with Crippen molar-refractivity contribution in [3.05, 3.63) is 36.4 Å². The predicted octanol–water partition coefficient (Wildman–Crippen LogP) is 2.09. The van der Waals surface area contributed by atoms with Crippen LogP contribution in [-0.4, -0.2) is 46.0 Å². The van der Waals surface area contributed by atoms with Crippen LogP contribution in [0.5, 0.6) is 11.6 Å². The number of carbonyl (C=O) groups is 1. The average molecular weight is 367 g/mol. The van der Waals surface area contributed by atoms with Gasteiger partial charge in [-0.1, -0.05) is 6.42 Å². The third-order valence-electron chi connectivity index (χ3n) is 4.71. The van der Waals surface area contributed by atoms with E-state index in [1.165, 1.54) is 0 Å². The van der Waals surface area contributed by atoms with E-state index in [0.717, 1.165) is 30.6 Å². The summed E-state index contributed by atoms with van der Waals surface area (Å²) >= 11 is 0. The first kappa shape index (κ1) is 17.3. The van der Waals surface area contributed by atoms with Gasteiger partial charge in [-0.3, -0.25) is 4.79 Å². The molecule has 1 N–H and O–H groups in total. The Balaban J connectivity index is 1.42. The van der Waals surface area contributed by atoms with E-state index >= 15 is 0 Å². The normalized spacial score (nSPS) is 14.0. The van der Waals surface area contributed by atoms with Gasteiger partial charge in [0.25, 0.3) is 0 Å². The summed E-state index contributed by atoms with van der Waals surface area (Å²) in [6.07, 6.45) is 3.13. The molecular formula is C19H21N5O3. The highest BCUT2D eigenvalue weighted by molar-refractivity contribution is 5.79. The molecule has 1 aliphatic carbocycles. The van der Waals surface area contributed by atoms with Crippen molar-refractivity contribution in [2.24, 2.45) is 5.92 Å². The first-order valence-corrected chi connectivity index (χ1v) is 9.02. The molecule has 8 nitrogen and oxygen atoms in total. The van der Waals surface area contributed by atoms with Crippen LogP contribution in [0.25, 0.3) is 17.0 Å². The average Bonchev–Trinajstić information content (AvgIpc) is 3.07. The van der Waals surface area contributed by atoms with E-state index in [9.17, 15) is 4.79 Å². The second kappa shape index (κ2) is 7.61. The summed E-state index contributed by atoms with van der Waals surface area (Å²) in [4.78, 5) is 11.8. The maximum Gasteiger partial charge on any atom is 0.231 e. The van der Waals surface area contributed by atoms with Crippen molar-refractivity contribution in [2.75, 3.05) is 20.3 Å². The number of hydrogen-bond acceptors (Lipinski definition) is 6. The SMILES string of the molecule is COc1ccc(-c2nnc3ccc(OCCNC(=O)C4CCC4)nn23)cc1. The van der Waals surface area contributed by atoms with Crippen molar-refractivity contribution < 1.29 is 14.3 Å². The van der Waals surface area contributed by atoms with Crippen molar-refractivity contribution in [3.8, 4) is 23.0 Å². The van der Waals surface area contributed by atoms with Gasteiger partial charge in [0, 0.05) is 17.5 Å². The molecule has 0 saturated heterocycles. The first-order valence-electron chi connectivity index (χ1n) is 9.02. The standard InChI is InChI=1S/C19H21N5O3/c1-26-15-7-5-13(6-8-15)18-22-21-16-9-10-17(23-24(16)18)27-12-11-20-19(25)14-3-2-4-14/h5-10,14H,2-4,11-12H2,1H3,(H,20,25). The second-order valence-electron chi connectivity index (χ2n) is 6.46. The summed E-state index contributed by atoms with van der Waals surface area (Å²) in [7, 11) is 1.63. The van der Waals surface area contributed by atoms with Crippen LogP contribution in [-0.2, 0) is 4.79 Å². The van der Waals surface area contributed by atoms with E-state index in [1.54, 1.807) is 23.8 Å². The number of fused-ring (bicyclic) bond motifs is 1. The minimum absolute atomic E-state index is 0.119. The van der Waals surface area contributed by atoms with Crippen LogP contribution in [0, 0.1) is 5.92 Å². The molecule has 0 bridgehead atoms. The van der Waals surface area contributed by atoms with Crippen LogP contribution in [0.3, 0.4) is 0 Å². The molecule has 0 atom stereocenters. The molecule has 0 spiro atoms. The Bertz CT molecular complexity index is 934. The summed E-state index contributed by atoms with van der Waals surface area (Å²) in [5.74, 6) is 2.15. The van der Waals surface area contributed by atoms with E-state index in [1.807, 2.05) is 24.3 Å². The zero-order valence-electron chi connectivity index (χ0n) is 15.1. The molecule has 1 aromatic carbocycles. The molecular weight excluding hydrogens is 346 g/mol. The highest BCUT2D eigenvalue weighted by atomic mass is 16.5. The zero-order chi connectivity index (χ0) is 18.6. The quantitative estimate of drug-likeness (QED) is 0.643. The Kier molecular flexibility index (Phi) is 4.86. The van der Waals surface area contributed by atoms with Gasteiger partial charge in [-0.2, -0.15) is 4.52 Å². The molecule has 0 unspecified atom stereocenters. The van der Waals surface area contributed by atoms with Crippen LogP contribution in [0.1, 0.15) is 19.3 Å². The van der Waals surface area contributed by atoms with E-state index in [4.69, 9.17) is 9.47 Å². The molecule has 3 aromatic rings. The summed E-state index contributed by atoms with van der Waals surface area (Å²) < 4.78 is 12.5. The number of amides is 1. The van der Waals surface area contributed by atoms with E-state index in [0.29, 0.717) is 30.5 Å². The highest BCUT2D eigenvalue weighted by Gasteiger charge is 2.24. The van der Waals surface area contributed by atoms with Crippen LogP contribution in [0.4, 0.5) is 0 Å². The Morgan fingerprint density at radius 1 is 1.19 bits per heavy atom. The van der Waals surface area contributed by atoms with Gasteiger partial charge in [-0.15, -0.1) is 15.3 Å². The lowest BCUT2D eigenvalue weighted by Crippen LogP contribution is -2.36. The van der Waals surface area contributed by atoms with Gasteiger partial charge in [0.1, 0.15) is 12.4 Å². The number of hydrogen-bond donors (Lipinski definition) is 1. The first-order chi connectivity index (χ1) is 13.2. The summed E-state index contributed by atoms with van der Waals surface area (Å²) in [5, 5.41) is 15.7. The van der Waals surface area contributed by atoms with Crippen LogP contribution >= 0.6 is 0 Å². The molecule has 140 valence electrons. The van der Waals surface area contributed by atoms with Crippen LogP contribution in [0.2, 0.25) is 0 Å². The van der Waals surface area contributed by atoms with Gasteiger partial charge >= 0.3 is 0 Å². The lowest BCUT2D eigenvalue weighted by molar-refractivity contribution is -0.127. The van der Waals surface area contributed by atoms with Crippen molar-refractivity contribution in [1.82, 2.24) is 25.1 Å². The topological polar surface area (TPSA) is 90.6 Å². The van der Waals surface area contributed by atoms with Gasteiger partial charge < -0.3 is 14.8 Å². The fraction of sp³-hybridized carbons (Fsp3) is 0.368. The fourth-order valence-corrected chi connectivity index (χ4v) is 2.91. The molecule has 1 amide bonds. The number of nitrogens with zero attached hydrogens (tertiary/aromatic N) is 4.